The Morgan fingerprint density at radius 2 is 2.06 bits per heavy atom. The van der Waals surface area contributed by atoms with E-state index in [1.165, 1.54) is 11.3 Å². The lowest BCUT2D eigenvalue weighted by molar-refractivity contribution is -0.671. The van der Waals surface area contributed by atoms with E-state index in [0.717, 1.165) is 13.1 Å². The molecule has 1 aliphatic rings. The second-order valence-electron chi connectivity index (χ2n) is 4.91. The van der Waals surface area contributed by atoms with Crippen LogP contribution in [0.2, 0.25) is 0 Å². The maximum atomic E-state index is 5.30. The van der Waals surface area contributed by atoms with Crippen LogP contribution < -0.4 is 9.47 Å². The van der Waals surface area contributed by atoms with Crippen molar-refractivity contribution in [2.45, 2.75) is 25.9 Å². The first-order valence-corrected chi connectivity index (χ1v) is 5.88. The zero-order chi connectivity index (χ0) is 11.7. The largest absolute Gasteiger partial charge is 0.378 e. The molecule has 0 saturated carbocycles. The molecule has 3 nitrogen and oxygen atoms in total. The maximum Gasteiger partial charge on any atom is 0.192 e. The van der Waals surface area contributed by atoms with Crippen LogP contribution in [0.25, 0.3) is 0 Å². The lowest BCUT2D eigenvalue weighted by Crippen LogP contribution is -2.52. The third-order valence-corrected chi connectivity index (χ3v) is 3.22. The fraction of sp³-hybridized carbons (Fsp3) is 0.615. The number of pyridine rings is 1. The van der Waals surface area contributed by atoms with Crippen LogP contribution in [0.4, 0.5) is 5.69 Å². The van der Waals surface area contributed by atoms with Crippen molar-refractivity contribution < 1.29 is 9.30 Å². The van der Waals surface area contributed by atoms with E-state index in [-0.39, 0.29) is 0 Å². The number of rotatable bonds is 3. The normalized spacial score (nSPS) is 16.7. The number of aromatic nitrogens is 1. The van der Waals surface area contributed by atoms with E-state index in [9.17, 15) is 0 Å². The molecule has 1 aromatic heterocycles. The Balaban J connectivity index is 2.16. The number of ether oxygens (including phenoxy) is 1. The van der Waals surface area contributed by atoms with Crippen LogP contribution >= 0.6 is 0 Å². The number of aryl methyl sites for hydroxylation is 1. The number of anilines is 1. The molecular formula is C13H21N2O+. The quantitative estimate of drug-likeness (QED) is 0.719. The Kier molecular flexibility index (Phi) is 3.15. The maximum absolute atomic E-state index is 5.30. The van der Waals surface area contributed by atoms with E-state index < -0.39 is 0 Å². The monoisotopic (exact) mass is 221 g/mol. The Hall–Kier alpha value is -1.09. The van der Waals surface area contributed by atoms with Gasteiger partial charge in [0.25, 0.3) is 0 Å². The second-order valence-corrected chi connectivity index (χ2v) is 4.91. The van der Waals surface area contributed by atoms with Gasteiger partial charge in [0.2, 0.25) is 0 Å². The summed E-state index contributed by atoms with van der Waals surface area (Å²) in [6.07, 6.45) is 4.78. The first kappa shape index (κ1) is 11.4. The molecule has 1 aliphatic heterocycles. The topological polar surface area (TPSA) is 16.4 Å². The van der Waals surface area contributed by atoms with E-state index in [1.807, 2.05) is 0 Å². The number of hydrogen-bond acceptors (Lipinski definition) is 2. The summed E-state index contributed by atoms with van der Waals surface area (Å²) >= 11 is 0. The van der Waals surface area contributed by atoms with Crippen LogP contribution in [0.5, 0.6) is 0 Å². The molecule has 3 heteroatoms. The average molecular weight is 221 g/mol. The molecule has 0 radical (unpaired) electrons. The van der Waals surface area contributed by atoms with Gasteiger partial charge in [0.05, 0.1) is 6.10 Å². The molecule has 1 saturated heterocycles. The van der Waals surface area contributed by atoms with Gasteiger partial charge in [-0.2, -0.15) is 0 Å². The Labute approximate surface area is 97.6 Å². The molecule has 0 bridgehead atoms. The minimum absolute atomic E-state index is 0.410. The molecule has 0 amide bonds. The van der Waals surface area contributed by atoms with Crippen LogP contribution in [0, 0.1) is 0 Å². The minimum Gasteiger partial charge on any atom is -0.378 e. The summed E-state index contributed by atoms with van der Waals surface area (Å²) in [5.41, 5.74) is 2.70. The van der Waals surface area contributed by atoms with Gasteiger partial charge in [0.1, 0.15) is 12.7 Å². The standard InChI is InChI=1S/C13H21N2O/c1-10(2)11-5-12(7-14(3)6-11)15-8-13(9-15)16-4/h5-7,10,13H,8-9H2,1-4H3/q+1. The van der Waals surface area contributed by atoms with Crippen LogP contribution in [-0.2, 0) is 11.8 Å². The molecule has 0 N–H and O–H groups in total. The van der Waals surface area contributed by atoms with E-state index in [0.29, 0.717) is 12.0 Å². The zero-order valence-corrected chi connectivity index (χ0v) is 10.6. The van der Waals surface area contributed by atoms with Gasteiger partial charge in [0.15, 0.2) is 12.4 Å². The predicted octanol–water partition coefficient (Wildman–Crippen LogP) is 1.47. The average Bonchev–Trinajstić information content (AvgIpc) is 2.15. The van der Waals surface area contributed by atoms with Crippen LogP contribution in [0.1, 0.15) is 25.3 Å². The number of hydrogen-bond donors (Lipinski definition) is 0. The molecule has 1 fully saturated rings. The van der Waals surface area contributed by atoms with Gasteiger partial charge < -0.3 is 9.64 Å². The van der Waals surface area contributed by atoms with Gasteiger partial charge >= 0.3 is 0 Å². The van der Waals surface area contributed by atoms with Gasteiger partial charge in [-0.15, -0.1) is 0 Å². The van der Waals surface area contributed by atoms with E-state index >= 15 is 0 Å². The molecule has 0 aromatic carbocycles. The highest BCUT2D eigenvalue weighted by Crippen LogP contribution is 2.24. The first-order valence-electron chi connectivity index (χ1n) is 5.88. The van der Waals surface area contributed by atoms with Gasteiger partial charge in [-0.3, -0.25) is 0 Å². The van der Waals surface area contributed by atoms with Gasteiger partial charge in [-0.25, -0.2) is 4.57 Å². The SMILES string of the molecule is COC1CN(c2cc(C(C)C)c[n+](C)c2)C1. The van der Waals surface area contributed by atoms with E-state index in [4.69, 9.17) is 4.74 Å². The molecule has 2 rings (SSSR count). The molecule has 0 spiro atoms. The molecule has 16 heavy (non-hydrogen) atoms. The van der Waals surface area contributed by atoms with Crippen molar-refractivity contribution in [3.63, 3.8) is 0 Å². The van der Waals surface area contributed by atoms with Crippen molar-refractivity contribution in [2.24, 2.45) is 7.05 Å². The summed E-state index contributed by atoms with van der Waals surface area (Å²) < 4.78 is 7.44. The van der Waals surface area contributed by atoms with Crippen molar-refractivity contribution >= 4 is 5.69 Å². The third-order valence-electron chi connectivity index (χ3n) is 3.22. The third kappa shape index (κ3) is 2.19. The molecule has 0 atom stereocenters. The van der Waals surface area contributed by atoms with E-state index in [1.54, 1.807) is 7.11 Å². The second kappa shape index (κ2) is 4.42. The fourth-order valence-corrected chi connectivity index (χ4v) is 2.01. The molecular weight excluding hydrogens is 200 g/mol. The zero-order valence-electron chi connectivity index (χ0n) is 10.6. The molecule has 0 unspecified atom stereocenters. The van der Waals surface area contributed by atoms with Crippen molar-refractivity contribution in [2.75, 3.05) is 25.1 Å². The first-order chi connectivity index (χ1) is 7.60. The summed E-state index contributed by atoms with van der Waals surface area (Å²) in [5.74, 6) is 0.575. The number of nitrogens with zero attached hydrogens (tertiary/aromatic N) is 2. The molecule has 1 aromatic rings. The highest BCUT2D eigenvalue weighted by molar-refractivity contribution is 5.48. The Morgan fingerprint density at radius 3 is 2.62 bits per heavy atom. The van der Waals surface area contributed by atoms with Crippen molar-refractivity contribution in [3.05, 3.63) is 24.0 Å². The minimum atomic E-state index is 0.410. The van der Waals surface area contributed by atoms with Gasteiger partial charge in [-0.1, -0.05) is 13.8 Å². The lowest BCUT2D eigenvalue weighted by atomic mass is 10.0. The van der Waals surface area contributed by atoms with Crippen LogP contribution in [0.15, 0.2) is 18.5 Å². The fourth-order valence-electron chi connectivity index (χ4n) is 2.01. The summed E-state index contributed by atoms with van der Waals surface area (Å²) in [6.45, 7) is 6.48. The summed E-state index contributed by atoms with van der Waals surface area (Å²) in [7, 11) is 3.87. The summed E-state index contributed by atoms with van der Waals surface area (Å²) in [5, 5.41) is 0. The van der Waals surface area contributed by atoms with Gasteiger partial charge in [0, 0.05) is 25.8 Å². The lowest BCUT2D eigenvalue weighted by Gasteiger charge is -2.39. The Morgan fingerprint density at radius 1 is 1.38 bits per heavy atom. The smallest absolute Gasteiger partial charge is 0.192 e. The number of methoxy groups -OCH3 is 1. The molecule has 0 aliphatic carbocycles. The van der Waals surface area contributed by atoms with Crippen LogP contribution in [-0.4, -0.2) is 26.3 Å². The van der Waals surface area contributed by atoms with Gasteiger partial charge in [-0.05, 0) is 12.0 Å². The van der Waals surface area contributed by atoms with Crippen molar-refractivity contribution in [1.82, 2.24) is 0 Å². The highest BCUT2D eigenvalue weighted by Gasteiger charge is 2.28. The Bertz CT molecular complexity index is 370. The van der Waals surface area contributed by atoms with Crippen molar-refractivity contribution in [1.29, 1.82) is 0 Å². The predicted molar refractivity (Wildman–Crippen MR) is 64.7 cm³/mol. The van der Waals surface area contributed by atoms with Crippen molar-refractivity contribution in [3.8, 4) is 0 Å². The van der Waals surface area contributed by atoms with Crippen LogP contribution in [0.3, 0.4) is 0 Å². The molecule has 88 valence electrons. The summed E-state index contributed by atoms with van der Waals surface area (Å²) in [4.78, 5) is 2.36. The van der Waals surface area contributed by atoms with E-state index in [2.05, 4.69) is 48.8 Å². The highest BCUT2D eigenvalue weighted by atomic mass is 16.5. The summed E-state index contributed by atoms with van der Waals surface area (Å²) in [6, 6.07) is 2.29. The molecule has 2 heterocycles.